The second-order valence-corrected chi connectivity index (χ2v) is 6.04. The van der Waals surface area contributed by atoms with Crippen LogP contribution in [0.4, 0.5) is 11.4 Å². The minimum atomic E-state index is -0.0757. The molecule has 3 N–H and O–H groups in total. The molecule has 5 nitrogen and oxygen atoms in total. The fraction of sp³-hybridized carbons (Fsp3) is 0.412. The summed E-state index contributed by atoms with van der Waals surface area (Å²) >= 11 is 0. The Morgan fingerprint density at radius 3 is 2.57 bits per heavy atom. The molecule has 0 bridgehead atoms. The molecular formula is C17H25ClN4O. The van der Waals surface area contributed by atoms with Crippen LogP contribution in [-0.4, -0.2) is 15.7 Å². The highest BCUT2D eigenvalue weighted by Gasteiger charge is 2.16. The van der Waals surface area contributed by atoms with Crippen molar-refractivity contribution in [2.45, 2.75) is 40.7 Å². The van der Waals surface area contributed by atoms with Crippen molar-refractivity contribution in [2.75, 3.05) is 11.1 Å². The number of nitrogens with two attached hydrogens (primary N) is 1. The minimum absolute atomic E-state index is 0. The van der Waals surface area contributed by atoms with E-state index in [0.717, 1.165) is 23.5 Å². The number of hydrogen-bond donors (Lipinski definition) is 2. The van der Waals surface area contributed by atoms with Crippen molar-refractivity contribution in [2.24, 2.45) is 5.92 Å². The number of nitrogens with one attached hydrogen (secondary N) is 1. The van der Waals surface area contributed by atoms with Crippen LogP contribution in [-0.2, 0) is 17.8 Å². The van der Waals surface area contributed by atoms with Crippen molar-refractivity contribution in [3.63, 3.8) is 0 Å². The predicted octanol–water partition coefficient (Wildman–Crippen LogP) is 3.34. The average Bonchev–Trinajstić information content (AvgIpc) is 2.68. The molecule has 0 saturated heterocycles. The van der Waals surface area contributed by atoms with Gasteiger partial charge in [0, 0.05) is 17.8 Å². The molecule has 1 aromatic heterocycles. The zero-order valence-electron chi connectivity index (χ0n) is 14.1. The first-order chi connectivity index (χ1) is 10.4. The molecule has 1 heterocycles. The third-order valence-electron chi connectivity index (χ3n) is 3.64. The SMILES string of the molecule is Cc1nn(CC(C)C)c(C)c1CC(=O)Nc1ccccc1N.Cl. The average molecular weight is 337 g/mol. The number of aryl methyl sites for hydroxylation is 1. The lowest BCUT2D eigenvalue weighted by Crippen LogP contribution is -2.16. The Hall–Kier alpha value is -2.01. The van der Waals surface area contributed by atoms with Gasteiger partial charge in [-0.2, -0.15) is 5.10 Å². The van der Waals surface area contributed by atoms with Crippen LogP contribution in [0.1, 0.15) is 30.8 Å². The highest BCUT2D eigenvalue weighted by molar-refractivity contribution is 5.95. The van der Waals surface area contributed by atoms with Gasteiger partial charge in [-0.15, -0.1) is 12.4 Å². The van der Waals surface area contributed by atoms with Gasteiger partial charge in [0.05, 0.1) is 23.5 Å². The van der Waals surface area contributed by atoms with Gasteiger partial charge in [-0.1, -0.05) is 26.0 Å². The maximum Gasteiger partial charge on any atom is 0.228 e. The number of hydrogen-bond acceptors (Lipinski definition) is 3. The second-order valence-electron chi connectivity index (χ2n) is 6.04. The van der Waals surface area contributed by atoms with Crippen LogP contribution >= 0.6 is 12.4 Å². The molecule has 2 aromatic rings. The number of para-hydroxylation sites is 2. The van der Waals surface area contributed by atoms with Gasteiger partial charge in [0.25, 0.3) is 0 Å². The first-order valence-electron chi connectivity index (χ1n) is 7.55. The summed E-state index contributed by atoms with van der Waals surface area (Å²) in [6.45, 7) is 9.13. The van der Waals surface area contributed by atoms with E-state index >= 15 is 0 Å². The Bertz CT molecular complexity index is 679. The van der Waals surface area contributed by atoms with Gasteiger partial charge in [0.2, 0.25) is 5.91 Å². The third kappa shape index (κ3) is 4.73. The molecule has 6 heteroatoms. The van der Waals surface area contributed by atoms with Gasteiger partial charge in [0.15, 0.2) is 0 Å². The number of rotatable bonds is 5. The molecule has 1 amide bonds. The van der Waals surface area contributed by atoms with Crippen LogP contribution in [0.5, 0.6) is 0 Å². The van der Waals surface area contributed by atoms with Crippen LogP contribution < -0.4 is 11.1 Å². The normalized spacial score (nSPS) is 10.5. The zero-order chi connectivity index (χ0) is 16.3. The molecule has 0 unspecified atom stereocenters. The molecule has 0 atom stereocenters. The Labute approximate surface area is 143 Å². The highest BCUT2D eigenvalue weighted by atomic mass is 35.5. The molecule has 0 spiro atoms. The molecule has 0 fully saturated rings. The Balaban J connectivity index is 0.00000264. The number of anilines is 2. The molecular weight excluding hydrogens is 312 g/mol. The van der Waals surface area contributed by atoms with Crippen LogP contribution in [0.25, 0.3) is 0 Å². The van der Waals surface area contributed by atoms with Crippen molar-refractivity contribution >= 4 is 29.7 Å². The summed E-state index contributed by atoms with van der Waals surface area (Å²) in [6, 6.07) is 7.26. The smallest absolute Gasteiger partial charge is 0.228 e. The lowest BCUT2D eigenvalue weighted by atomic mass is 10.1. The van der Waals surface area contributed by atoms with Crippen LogP contribution in [0.15, 0.2) is 24.3 Å². The second kappa shape index (κ2) is 8.02. The van der Waals surface area contributed by atoms with E-state index in [1.165, 1.54) is 0 Å². The number of halogens is 1. The number of benzene rings is 1. The molecule has 0 aliphatic heterocycles. The van der Waals surface area contributed by atoms with Crippen molar-refractivity contribution in [1.82, 2.24) is 9.78 Å². The first kappa shape index (κ1) is 19.0. The van der Waals surface area contributed by atoms with Gasteiger partial charge in [-0.05, 0) is 31.9 Å². The van der Waals surface area contributed by atoms with Gasteiger partial charge >= 0.3 is 0 Å². The van der Waals surface area contributed by atoms with Gasteiger partial charge in [-0.3, -0.25) is 9.48 Å². The molecule has 2 rings (SSSR count). The number of nitrogen functional groups attached to an aromatic ring is 1. The van der Waals surface area contributed by atoms with E-state index in [1.54, 1.807) is 12.1 Å². The number of amides is 1. The largest absolute Gasteiger partial charge is 0.397 e. The van der Waals surface area contributed by atoms with E-state index in [-0.39, 0.29) is 18.3 Å². The van der Waals surface area contributed by atoms with E-state index in [0.29, 0.717) is 23.7 Å². The highest BCUT2D eigenvalue weighted by Crippen LogP contribution is 2.19. The van der Waals surface area contributed by atoms with E-state index in [2.05, 4.69) is 24.3 Å². The number of nitrogens with zero attached hydrogens (tertiary/aromatic N) is 2. The molecule has 1 aromatic carbocycles. The monoisotopic (exact) mass is 336 g/mol. The van der Waals surface area contributed by atoms with Gasteiger partial charge in [-0.25, -0.2) is 0 Å². The maximum atomic E-state index is 12.3. The Morgan fingerprint density at radius 1 is 1.30 bits per heavy atom. The molecule has 0 aliphatic carbocycles. The summed E-state index contributed by atoms with van der Waals surface area (Å²) in [7, 11) is 0. The summed E-state index contributed by atoms with van der Waals surface area (Å²) in [5, 5.41) is 7.40. The minimum Gasteiger partial charge on any atom is -0.397 e. The van der Waals surface area contributed by atoms with Crippen LogP contribution in [0.2, 0.25) is 0 Å². The van der Waals surface area contributed by atoms with Gasteiger partial charge < -0.3 is 11.1 Å². The zero-order valence-corrected chi connectivity index (χ0v) is 14.9. The van der Waals surface area contributed by atoms with Crippen molar-refractivity contribution in [3.05, 3.63) is 41.2 Å². The summed E-state index contributed by atoms with van der Waals surface area (Å²) in [5.74, 6) is 0.442. The molecule has 0 radical (unpaired) electrons. The predicted molar refractivity (Wildman–Crippen MR) is 97.0 cm³/mol. The Kier molecular flexibility index (Phi) is 6.63. The lowest BCUT2D eigenvalue weighted by Gasteiger charge is -2.09. The molecule has 23 heavy (non-hydrogen) atoms. The van der Waals surface area contributed by atoms with Gasteiger partial charge in [0.1, 0.15) is 0 Å². The number of aromatic nitrogens is 2. The summed E-state index contributed by atoms with van der Waals surface area (Å²) in [6.07, 6.45) is 0.310. The molecule has 0 aliphatic rings. The summed E-state index contributed by atoms with van der Waals surface area (Å²) < 4.78 is 1.99. The van der Waals surface area contributed by atoms with Crippen molar-refractivity contribution < 1.29 is 4.79 Å². The Morgan fingerprint density at radius 2 is 1.96 bits per heavy atom. The van der Waals surface area contributed by atoms with Crippen LogP contribution in [0, 0.1) is 19.8 Å². The quantitative estimate of drug-likeness (QED) is 0.822. The topological polar surface area (TPSA) is 72.9 Å². The fourth-order valence-electron chi connectivity index (χ4n) is 2.48. The molecule has 126 valence electrons. The fourth-order valence-corrected chi connectivity index (χ4v) is 2.48. The maximum absolute atomic E-state index is 12.3. The summed E-state index contributed by atoms with van der Waals surface area (Å²) in [5.41, 5.74) is 10.0. The lowest BCUT2D eigenvalue weighted by molar-refractivity contribution is -0.115. The van der Waals surface area contributed by atoms with E-state index in [9.17, 15) is 4.79 Å². The van der Waals surface area contributed by atoms with Crippen molar-refractivity contribution in [1.29, 1.82) is 0 Å². The van der Waals surface area contributed by atoms with Crippen LogP contribution in [0.3, 0.4) is 0 Å². The number of carbonyl (C=O) groups is 1. The van der Waals surface area contributed by atoms with E-state index in [4.69, 9.17) is 5.73 Å². The third-order valence-corrected chi connectivity index (χ3v) is 3.64. The number of carbonyl (C=O) groups excluding carboxylic acids is 1. The van der Waals surface area contributed by atoms with Crippen molar-refractivity contribution in [3.8, 4) is 0 Å². The standard InChI is InChI=1S/C17H24N4O.ClH/c1-11(2)10-21-13(4)14(12(3)20-21)9-17(22)19-16-8-6-5-7-15(16)18;/h5-8,11H,9-10,18H2,1-4H3,(H,19,22);1H. The summed E-state index contributed by atoms with van der Waals surface area (Å²) in [4.78, 5) is 12.3. The van der Waals surface area contributed by atoms with E-state index in [1.807, 2.05) is 30.7 Å². The van der Waals surface area contributed by atoms with E-state index < -0.39 is 0 Å². The molecule has 0 saturated carbocycles. The first-order valence-corrected chi connectivity index (χ1v) is 7.55.